The molecule has 1 aliphatic rings. The highest BCUT2D eigenvalue weighted by Gasteiger charge is 2.37. The first-order valence-electron chi connectivity index (χ1n) is 4.40. The van der Waals surface area contributed by atoms with Gasteiger partial charge in [0.15, 0.2) is 23.9 Å². The van der Waals surface area contributed by atoms with E-state index in [2.05, 4.69) is 25.3 Å². The van der Waals surface area contributed by atoms with Gasteiger partial charge >= 0.3 is 0 Å². The SMILES string of the molecule is OC1=C(O)C(O)[C@@H](OCCS)OC1CS. The van der Waals surface area contributed by atoms with Crippen LogP contribution in [0.5, 0.6) is 0 Å². The van der Waals surface area contributed by atoms with Crippen molar-refractivity contribution in [3.8, 4) is 0 Å². The molecule has 0 aromatic rings. The molecule has 2 unspecified atom stereocenters. The van der Waals surface area contributed by atoms with Crippen LogP contribution >= 0.6 is 25.3 Å². The number of hydrogen-bond donors (Lipinski definition) is 5. The molecule has 15 heavy (non-hydrogen) atoms. The van der Waals surface area contributed by atoms with Gasteiger partial charge in [-0.25, -0.2) is 0 Å². The zero-order chi connectivity index (χ0) is 11.4. The quantitative estimate of drug-likeness (QED) is 0.466. The molecule has 3 atom stereocenters. The molecule has 88 valence electrons. The molecule has 5 nitrogen and oxygen atoms in total. The summed E-state index contributed by atoms with van der Waals surface area (Å²) in [4.78, 5) is 0. The van der Waals surface area contributed by atoms with Crippen molar-refractivity contribution in [3.63, 3.8) is 0 Å². The van der Waals surface area contributed by atoms with Crippen molar-refractivity contribution in [2.75, 3.05) is 18.1 Å². The van der Waals surface area contributed by atoms with Gasteiger partial charge in [0, 0.05) is 11.5 Å². The van der Waals surface area contributed by atoms with E-state index in [-0.39, 0.29) is 12.4 Å². The lowest BCUT2D eigenvalue weighted by atomic mass is 10.1. The van der Waals surface area contributed by atoms with Gasteiger partial charge in [-0.1, -0.05) is 0 Å². The molecule has 1 aliphatic heterocycles. The normalized spacial score (nSPS) is 32.1. The predicted octanol–water partition coefficient (Wildman–Crippen LogP) is 0.276. The van der Waals surface area contributed by atoms with Crippen LogP contribution in [0.4, 0.5) is 0 Å². The van der Waals surface area contributed by atoms with Crippen molar-refractivity contribution in [1.29, 1.82) is 0 Å². The summed E-state index contributed by atoms with van der Waals surface area (Å²) in [7, 11) is 0. The molecular weight excluding hydrogens is 240 g/mol. The van der Waals surface area contributed by atoms with Crippen molar-refractivity contribution in [2.45, 2.75) is 18.5 Å². The highest BCUT2D eigenvalue weighted by atomic mass is 32.1. The third kappa shape index (κ3) is 2.94. The number of aliphatic hydroxyl groups excluding tert-OH is 3. The van der Waals surface area contributed by atoms with Gasteiger partial charge in [-0.2, -0.15) is 25.3 Å². The van der Waals surface area contributed by atoms with Gasteiger partial charge in [0.1, 0.15) is 6.10 Å². The summed E-state index contributed by atoms with van der Waals surface area (Å²) in [6.45, 7) is 0.276. The summed E-state index contributed by atoms with van der Waals surface area (Å²) in [5, 5.41) is 28.2. The fraction of sp³-hybridized carbons (Fsp3) is 0.750. The van der Waals surface area contributed by atoms with Crippen molar-refractivity contribution < 1.29 is 24.8 Å². The Balaban J connectivity index is 2.71. The first kappa shape index (κ1) is 13.0. The highest BCUT2D eigenvalue weighted by molar-refractivity contribution is 7.80. The molecule has 3 N–H and O–H groups in total. The van der Waals surface area contributed by atoms with Crippen molar-refractivity contribution in [2.24, 2.45) is 0 Å². The molecule has 7 heteroatoms. The molecule has 1 heterocycles. The fourth-order valence-corrected chi connectivity index (χ4v) is 1.54. The second kappa shape index (κ2) is 5.86. The minimum atomic E-state index is -1.37. The van der Waals surface area contributed by atoms with E-state index >= 15 is 0 Å². The van der Waals surface area contributed by atoms with Crippen LogP contribution in [0.15, 0.2) is 11.5 Å². The lowest BCUT2D eigenvalue weighted by Crippen LogP contribution is -2.43. The first-order valence-corrected chi connectivity index (χ1v) is 5.67. The van der Waals surface area contributed by atoms with Gasteiger partial charge in [0.2, 0.25) is 0 Å². The van der Waals surface area contributed by atoms with Crippen LogP contribution in [0.1, 0.15) is 0 Å². The highest BCUT2D eigenvalue weighted by Crippen LogP contribution is 2.24. The van der Waals surface area contributed by atoms with Crippen molar-refractivity contribution in [1.82, 2.24) is 0 Å². The van der Waals surface area contributed by atoms with Gasteiger partial charge in [-0.15, -0.1) is 0 Å². The van der Waals surface area contributed by atoms with E-state index in [9.17, 15) is 15.3 Å². The van der Waals surface area contributed by atoms with Gasteiger partial charge in [-0.05, 0) is 0 Å². The lowest BCUT2D eigenvalue weighted by Gasteiger charge is -2.32. The molecule has 0 radical (unpaired) electrons. The second-order valence-corrected chi connectivity index (χ2v) is 3.80. The molecule has 0 aromatic heterocycles. The molecule has 0 bridgehead atoms. The fourth-order valence-electron chi connectivity index (χ4n) is 1.17. The van der Waals surface area contributed by atoms with E-state index in [1.165, 1.54) is 0 Å². The van der Waals surface area contributed by atoms with Crippen LogP contribution in [0.3, 0.4) is 0 Å². The molecule has 0 aliphatic carbocycles. The van der Waals surface area contributed by atoms with Crippen LogP contribution in [0, 0.1) is 0 Å². The minimum Gasteiger partial charge on any atom is -0.506 e. The standard InChI is InChI=1S/C8H14O5S2/c9-5-4(3-15)13-8(12-1-2-14)7(11)6(5)10/h4,7-11,14-15H,1-3H2/t4?,7?,8-/m0/s1. The molecule has 0 saturated carbocycles. The van der Waals surface area contributed by atoms with Crippen LogP contribution in [0.25, 0.3) is 0 Å². The molecular formula is C8H14O5S2. The van der Waals surface area contributed by atoms with Gasteiger partial charge in [-0.3, -0.25) is 0 Å². The average Bonchev–Trinajstić information content (AvgIpc) is 2.25. The Hall–Kier alpha value is -0.0800. The number of aliphatic hydroxyl groups is 3. The smallest absolute Gasteiger partial charge is 0.191 e. The third-order valence-electron chi connectivity index (χ3n) is 1.94. The Kier molecular flexibility index (Phi) is 5.07. The van der Waals surface area contributed by atoms with Crippen LogP contribution in [-0.2, 0) is 9.47 Å². The Labute approximate surface area is 98.5 Å². The van der Waals surface area contributed by atoms with Crippen LogP contribution < -0.4 is 0 Å². The Morgan fingerprint density at radius 1 is 1.27 bits per heavy atom. The second-order valence-electron chi connectivity index (χ2n) is 2.99. The van der Waals surface area contributed by atoms with E-state index in [1.54, 1.807) is 0 Å². The molecule has 0 spiro atoms. The largest absolute Gasteiger partial charge is 0.506 e. The van der Waals surface area contributed by atoms with Crippen LogP contribution in [0.2, 0.25) is 0 Å². The summed E-state index contributed by atoms with van der Waals surface area (Å²) in [5.41, 5.74) is 0. The molecule has 1 rings (SSSR count). The van der Waals surface area contributed by atoms with E-state index in [0.29, 0.717) is 5.75 Å². The molecule has 0 aromatic carbocycles. The molecule has 0 saturated heterocycles. The van der Waals surface area contributed by atoms with Crippen LogP contribution in [-0.4, -0.2) is 51.9 Å². The number of hydrogen-bond acceptors (Lipinski definition) is 7. The Morgan fingerprint density at radius 2 is 1.93 bits per heavy atom. The predicted molar refractivity (Wildman–Crippen MR) is 60.6 cm³/mol. The first-order chi connectivity index (χ1) is 7.11. The maximum atomic E-state index is 9.48. The number of ether oxygens (including phenoxy) is 2. The zero-order valence-corrected chi connectivity index (χ0v) is 9.69. The van der Waals surface area contributed by atoms with Crippen molar-refractivity contribution >= 4 is 25.3 Å². The maximum Gasteiger partial charge on any atom is 0.191 e. The lowest BCUT2D eigenvalue weighted by molar-refractivity contribution is -0.218. The van der Waals surface area contributed by atoms with Gasteiger partial charge in [0.05, 0.1) is 6.61 Å². The van der Waals surface area contributed by atoms with E-state index in [0.717, 1.165) is 0 Å². The van der Waals surface area contributed by atoms with E-state index in [1.807, 2.05) is 0 Å². The van der Waals surface area contributed by atoms with Gasteiger partial charge in [0.25, 0.3) is 0 Å². The summed E-state index contributed by atoms with van der Waals surface area (Å²) in [6.07, 6.45) is -3.13. The monoisotopic (exact) mass is 254 g/mol. The minimum absolute atomic E-state index is 0.184. The zero-order valence-electron chi connectivity index (χ0n) is 7.91. The maximum absolute atomic E-state index is 9.48. The molecule has 0 amide bonds. The van der Waals surface area contributed by atoms with Gasteiger partial charge < -0.3 is 24.8 Å². The summed E-state index contributed by atoms with van der Waals surface area (Å²) in [5.74, 6) is -0.273. The average molecular weight is 254 g/mol. The Morgan fingerprint density at radius 3 is 2.47 bits per heavy atom. The number of thiol groups is 2. The summed E-state index contributed by atoms with van der Waals surface area (Å²) < 4.78 is 10.3. The Bertz CT molecular complexity index is 245. The topological polar surface area (TPSA) is 79.2 Å². The summed E-state index contributed by atoms with van der Waals surface area (Å²) >= 11 is 7.88. The van der Waals surface area contributed by atoms with E-state index < -0.39 is 30.0 Å². The summed E-state index contributed by atoms with van der Waals surface area (Å²) in [6, 6.07) is 0. The molecule has 0 fully saturated rings. The van der Waals surface area contributed by atoms with Crippen molar-refractivity contribution in [3.05, 3.63) is 11.5 Å². The third-order valence-corrected chi connectivity index (χ3v) is 2.46. The number of rotatable bonds is 4. The van der Waals surface area contributed by atoms with E-state index in [4.69, 9.17) is 9.47 Å².